The fraction of sp³-hybridized carbons (Fsp3) is 0.158. The molecule has 0 bridgehead atoms. The zero-order chi connectivity index (χ0) is 18.0. The van der Waals surface area contributed by atoms with Crippen LogP contribution in [-0.4, -0.2) is 15.7 Å². The Labute approximate surface area is 165 Å². The zero-order valence-electron chi connectivity index (χ0n) is 13.9. The van der Waals surface area contributed by atoms with Crippen molar-refractivity contribution in [2.24, 2.45) is 0 Å². The molecule has 0 atom stereocenters. The summed E-state index contributed by atoms with van der Waals surface area (Å²) in [4.78, 5) is 12.7. The average Bonchev–Trinajstić information content (AvgIpc) is 2.86. The molecule has 0 spiro atoms. The van der Waals surface area contributed by atoms with Gasteiger partial charge in [0.25, 0.3) is 5.91 Å². The van der Waals surface area contributed by atoms with Crippen LogP contribution in [0, 0.1) is 17.4 Å². The van der Waals surface area contributed by atoms with Crippen molar-refractivity contribution in [3.8, 4) is 0 Å². The van der Waals surface area contributed by atoms with Crippen molar-refractivity contribution in [1.82, 2.24) is 9.78 Å². The fourth-order valence-corrected chi connectivity index (χ4v) is 3.25. The maximum atomic E-state index is 12.7. The molecule has 0 saturated heterocycles. The molecule has 3 rings (SSSR count). The Morgan fingerprint density at radius 3 is 2.52 bits per heavy atom. The first-order chi connectivity index (χ1) is 12.0. The Morgan fingerprint density at radius 2 is 1.84 bits per heavy atom. The van der Waals surface area contributed by atoms with E-state index in [0.717, 1.165) is 20.5 Å². The first-order valence-electron chi connectivity index (χ1n) is 7.80. The van der Waals surface area contributed by atoms with Crippen LogP contribution in [0.2, 0.25) is 5.02 Å². The number of aromatic nitrogens is 2. The predicted octanol–water partition coefficient (Wildman–Crippen LogP) is 5.06. The first-order valence-corrected chi connectivity index (χ1v) is 9.25. The number of rotatable bonds is 4. The van der Waals surface area contributed by atoms with Gasteiger partial charge in [-0.25, -0.2) is 0 Å². The van der Waals surface area contributed by atoms with Gasteiger partial charge >= 0.3 is 0 Å². The Kier molecular flexibility index (Phi) is 5.44. The summed E-state index contributed by atoms with van der Waals surface area (Å²) in [6.45, 7) is 4.28. The lowest BCUT2D eigenvalue weighted by atomic mass is 10.1. The number of aryl methyl sites for hydroxylation is 1. The summed E-state index contributed by atoms with van der Waals surface area (Å²) in [5.41, 5.74) is 3.86. The van der Waals surface area contributed by atoms with Crippen LogP contribution >= 0.6 is 34.2 Å². The quantitative estimate of drug-likeness (QED) is 0.548. The van der Waals surface area contributed by atoms with Crippen molar-refractivity contribution in [2.75, 3.05) is 5.32 Å². The Bertz CT molecular complexity index is 919. The molecule has 128 valence electrons. The number of nitrogens with zero attached hydrogens (tertiary/aromatic N) is 2. The lowest BCUT2D eigenvalue weighted by Gasteiger charge is -2.08. The monoisotopic (exact) mass is 465 g/mol. The van der Waals surface area contributed by atoms with E-state index in [1.54, 1.807) is 0 Å². The fourth-order valence-electron chi connectivity index (χ4n) is 2.69. The van der Waals surface area contributed by atoms with E-state index in [9.17, 15) is 4.79 Å². The molecule has 2 aromatic carbocycles. The van der Waals surface area contributed by atoms with Gasteiger partial charge in [-0.3, -0.25) is 9.48 Å². The molecule has 4 nitrogen and oxygen atoms in total. The van der Waals surface area contributed by atoms with Crippen LogP contribution in [0.1, 0.15) is 27.3 Å². The second-order valence-electron chi connectivity index (χ2n) is 5.76. The molecule has 25 heavy (non-hydrogen) atoms. The molecule has 0 radical (unpaired) electrons. The molecule has 1 N–H and O–H groups in total. The van der Waals surface area contributed by atoms with Gasteiger partial charge in [-0.1, -0.05) is 29.8 Å². The Balaban J connectivity index is 1.85. The van der Waals surface area contributed by atoms with Crippen LogP contribution in [0.3, 0.4) is 0 Å². The molecule has 6 heteroatoms. The molecular weight excluding hydrogens is 449 g/mol. The van der Waals surface area contributed by atoms with Gasteiger partial charge in [-0.2, -0.15) is 5.10 Å². The molecular formula is C19H17ClIN3O. The third-order valence-corrected chi connectivity index (χ3v) is 5.08. The maximum absolute atomic E-state index is 12.7. The molecule has 0 unspecified atom stereocenters. The number of hydrogen-bond donors (Lipinski definition) is 1. The zero-order valence-corrected chi connectivity index (χ0v) is 16.8. The van der Waals surface area contributed by atoms with E-state index in [2.05, 4.69) is 33.0 Å². The minimum atomic E-state index is -0.151. The molecule has 0 aliphatic carbocycles. The van der Waals surface area contributed by atoms with E-state index in [0.29, 0.717) is 22.8 Å². The van der Waals surface area contributed by atoms with E-state index in [-0.39, 0.29) is 5.91 Å². The second-order valence-corrected chi connectivity index (χ2v) is 7.41. The van der Waals surface area contributed by atoms with E-state index in [1.807, 2.05) is 67.1 Å². The number of amides is 1. The standard InChI is InChI=1S/C19H17ClIN3O/c1-12-18(19(25)22-16-9-7-15(21)8-10-16)13(2)24(23-12)11-14-5-3-4-6-17(14)20/h3-10H,11H2,1-2H3,(H,22,25). The van der Waals surface area contributed by atoms with E-state index in [1.165, 1.54) is 0 Å². The largest absolute Gasteiger partial charge is 0.322 e. The van der Waals surface area contributed by atoms with Gasteiger partial charge in [0.05, 0.1) is 17.8 Å². The van der Waals surface area contributed by atoms with Crippen LogP contribution < -0.4 is 5.32 Å². The number of benzene rings is 2. The summed E-state index contributed by atoms with van der Waals surface area (Å²) < 4.78 is 2.94. The van der Waals surface area contributed by atoms with Gasteiger partial charge in [0.1, 0.15) is 0 Å². The minimum absolute atomic E-state index is 0.151. The highest BCUT2D eigenvalue weighted by molar-refractivity contribution is 14.1. The summed E-state index contributed by atoms with van der Waals surface area (Å²) in [6, 6.07) is 15.3. The summed E-state index contributed by atoms with van der Waals surface area (Å²) in [6.07, 6.45) is 0. The number of hydrogen-bond acceptors (Lipinski definition) is 2. The average molecular weight is 466 g/mol. The number of nitrogens with one attached hydrogen (secondary N) is 1. The highest BCUT2D eigenvalue weighted by Crippen LogP contribution is 2.21. The predicted molar refractivity (Wildman–Crippen MR) is 109 cm³/mol. The molecule has 1 amide bonds. The molecule has 0 aliphatic rings. The Morgan fingerprint density at radius 1 is 1.16 bits per heavy atom. The molecule has 3 aromatic rings. The van der Waals surface area contributed by atoms with Crippen molar-refractivity contribution in [3.63, 3.8) is 0 Å². The van der Waals surface area contributed by atoms with Gasteiger partial charge in [0, 0.05) is 20.0 Å². The molecule has 0 fully saturated rings. The van der Waals surface area contributed by atoms with Crippen molar-refractivity contribution in [1.29, 1.82) is 0 Å². The molecule has 1 heterocycles. The van der Waals surface area contributed by atoms with Crippen LogP contribution in [-0.2, 0) is 6.54 Å². The summed E-state index contributed by atoms with van der Waals surface area (Å²) >= 11 is 8.47. The van der Waals surface area contributed by atoms with E-state index in [4.69, 9.17) is 11.6 Å². The topological polar surface area (TPSA) is 46.9 Å². The number of carbonyl (C=O) groups is 1. The number of halogens is 2. The van der Waals surface area contributed by atoms with Gasteiger partial charge in [-0.05, 0) is 72.3 Å². The van der Waals surface area contributed by atoms with Crippen molar-refractivity contribution in [2.45, 2.75) is 20.4 Å². The van der Waals surface area contributed by atoms with Gasteiger partial charge in [-0.15, -0.1) is 0 Å². The summed E-state index contributed by atoms with van der Waals surface area (Å²) in [7, 11) is 0. The van der Waals surface area contributed by atoms with Crippen LogP contribution in [0.25, 0.3) is 0 Å². The normalized spacial score (nSPS) is 10.7. The molecule has 0 saturated carbocycles. The number of anilines is 1. The highest BCUT2D eigenvalue weighted by Gasteiger charge is 2.19. The Hall–Kier alpha value is -1.86. The van der Waals surface area contributed by atoms with Crippen LogP contribution in [0.15, 0.2) is 48.5 Å². The number of carbonyl (C=O) groups excluding carboxylic acids is 1. The highest BCUT2D eigenvalue weighted by atomic mass is 127. The van der Waals surface area contributed by atoms with Crippen LogP contribution in [0.5, 0.6) is 0 Å². The molecule has 0 aliphatic heterocycles. The molecule has 1 aromatic heterocycles. The summed E-state index contributed by atoms with van der Waals surface area (Å²) in [5, 5.41) is 8.15. The van der Waals surface area contributed by atoms with Crippen molar-refractivity contribution >= 4 is 45.8 Å². The summed E-state index contributed by atoms with van der Waals surface area (Å²) in [5.74, 6) is -0.151. The van der Waals surface area contributed by atoms with Gasteiger partial charge in [0.2, 0.25) is 0 Å². The lowest BCUT2D eigenvalue weighted by molar-refractivity contribution is 0.102. The van der Waals surface area contributed by atoms with E-state index < -0.39 is 0 Å². The maximum Gasteiger partial charge on any atom is 0.259 e. The van der Waals surface area contributed by atoms with Crippen molar-refractivity contribution < 1.29 is 4.79 Å². The first kappa shape index (κ1) is 17.9. The lowest BCUT2D eigenvalue weighted by Crippen LogP contribution is -2.14. The third-order valence-electron chi connectivity index (χ3n) is 3.99. The SMILES string of the molecule is Cc1nn(Cc2ccccc2Cl)c(C)c1C(=O)Nc1ccc(I)cc1. The van der Waals surface area contributed by atoms with E-state index >= 15 is 0 Å². The smallest absolute Gasteiger partial charge is 0.259 e. The third kappa shape index (κ3) is 4.04. The van der Waals surface area contributed by atoms with Crippen LogP contribution in [0.4, 0.5) is 5.69 Å². The van der Waals surface area contributed by atoms with Gasteiger partial charge < -0.3 is 5.32 Å². The second kappa shape index (κ2) is 7.58. The minimum Gasteiger partial charge on any atom is -0.322 e. The van der Waals surface area contributed by atoms with Gasteiger partial charge in [0.15, 0.2) is 0 Å². The van der Waals surface area contributed by atoms with Crippen molar-refractivity contribution in [3.05, 3.63) is 79.6 Å².